The first-order chi connectivity index (χ1) is 9.65. The monoisotopic (exact) mass is 270 g/mol. The second-order valence-electron chi connectivity index (χ2n) is 4.48. The summed E-state index contributed by atoms with van der Waals surface area (Å²) in [6.07, 6.45) is 0. The van der Waals surface area contributed by atoms with Crippen molar-refractivity contribution in [2.45, 2.75) is 13.8 Å². The molecular formula is C17H18O3. The van der Waals surface area contributed by atoms with Crippen LogP contribution in [-0.4, -0.2) is 19.7 Å². The van der Waals surface area contributed by atoms with Crippen LogP contribution in [-0.2, 0) is 4.74 Å². The van der Waals surface area contributed by atoms with Gasteiger partial charge in [-0.1, -0.05) is 24.3 Å². The predicted molar refractivity (Wildman–Crippen MR) is 79.1 cm³/mol. The zero-order chi connectivity index (χ0) is 14.5. The van der Waals surface area contributed by atoms with E-state index in [0.717, 1.165) is 22.4 Å². The fourth-order valence-electron chi connectivity index (χ4n) is 2.06. The van der Waals surface area contributed by atoms with Gasteiger partial charge in [0.15, 0.2) is 0 Å². The van der Waals surface area contributed by atoms with Crippen molar-refractivity contribution < 1.29 is 14.3 Å². The SMILES string of the molecule is CCOC(=O)c1ccc(-c2ccc(OC)cc2)cc1C. The Labute approximate surface area is 119 Å². The van der Waals surface area contributed by atoms with Crippen LogP contribution in [0.4, 0.5) is 0 Å². The molecule has 0 saturated heterocycles. The van der Waals surface area contributed by atoms with Crippen LogP contribution < -0.4 is 4.74 Å². The van der Waals surface area contributed by atoms with E-state index in [-0.39, 0.29) is 5.97 Å². The fourth-order valence-corrected chi connectivity index (χ4v) is 2.06. The number of carbonyl (C=O) groups is 1. The molecule has 2 aromatic carbocycles. The number of esters is 1. The molecule has 3 nitrogen and oxygen atoms in total. The molecule has 0 unspecified atom stereocenters. The molecular weight excluding hydrogens is 252 g/mol. The number of benzene rings is 2. The molecule has 0 saturated carbocycles. The number of carbonyl (C=O) groups excluding carboxylic acids is 1. The summed E-state index contributed by atoms with van der Waals surface area (Å²) in [5, 5.41) is 0. The Morgan fingerprint density at radius 3 is 2.25 bits per heavy atom. The van der Waals surface area contributed by atoms with Gasteiger partial charge in [0.25, 0.3) is 0 Å². The molecule has 2 rings (SSSR count). The molecule has 20 heavy (non-hydrogen) atoms. The van der Waals surface area contributed by atoms with Gasteiger partial charge in [0.1, 0.15) is 5.75 Å². The van der Waals surface area contributed by atoms with Crippen molar-refractivity contribution in [1.82, 2.24) is 0 Å². The van der Waals surface area contributed by atoms with Gasteiger partial charge in [-0.2, -0.15) is 0 Å². The quantitative estimate of drug-likeness (QED) is 0.792. The molecule has 0 atom stereocenters. The molecule has 0 aromatic heterocycles. The maximum Gasteiger partial charge on any atom is 0.338 e. The summed E-state index contributed by atoms with van der Waals surface area (Å²) in [7, 11) is 1.65. The first-order valence-electron chi connectivity index (χ1n) is 6.58. The van der Waals surface area contributed by atoms with E-state index in [1.165, 1.54) is 0 Å². The topological polar surface area (TPSA) is 35.5 Å². The highest BCUT2D eigenvalue weighted by Gasteiger charge is 2.10. The zero-order valence-corrected chi connectivity index (χ0v) is 12.0. The van der Waals surface area contributed by atoms with Crippen LogP contribution in [0.1, 0.15) is 22.8 Å². The van der Waals surface area contributed by atoms with E-state index in [1.54, 1.807) is 14.0 Å². The minimum Gasteiger partial charge on any atom is -0.497 e. The van der Waals surface area contributed by atoms with E-state index < -0.39 is 0 Å². The lowest BCUT2D eigenvalue weighted by molar-refractivity contribution is 0.0525. The lowest BCUT2D eigenvalue weighted by Gasteiger charge is -2.09. The number of methoxy groups -OCH3 is 1. The molecule has 0 aliphatic carbocycles. The lowest BCUT2D eigenvalue weighted by atomic mass is 10.00. The third-order valence-electron chi connectivity index (χ3n) is 3.15. The molecule has 0 aliphatic heterocycles. The average molecular weight is 270 g/mol. The van der Waals surface area contributed by atoms with E-state index in [4.69, 9.17) is 9.47 Å². The van der Waals surface area contributed by atoms with Crippen LogP contribution in [0, 0.1) is 6.92 Å². The molecule has 104 valence electrons. The van der Waals surface area contributed by atoms with Crippen LogP contribution in [0.3, 0.4) is 0 Å². The predicted octanol–water partition coefficient (Wildman–Crippen LogP) is 3.85. The Balaban J connectivity index is 2.30. The second kappa shape index (κ2) is 6.24. The van der Waals surface area contributed by atoms with Gasteiger partial charge in [-0.05, 0) is 48.7 Å². The molecule has 0 spiro atoms. The summed E-state index contributed by atoms with van der Waals surface area (Å²) in [6.45, 7) is 4.11. The summed E-state index contributed by atoms with van der Waals surface area (Å²) >= 11 is 0. The van der Waals surface area contributed by atoms with Gasteiger partial charge in [0, 0.05) is 0 Å². The van der Waals surface area contributed by atoms with Gasteiger partial charge >= 0.3 is 5.97 Å². The van der Waals surface area contributed by atoms with Crippen molar-refractivity contribution >= 4 is 5.97 Å². The molecule has 0 radical (unpaired) electrons. The van der Waals surface area contributed by atoms with E-state index in [2.05, 4.69) is 0 Å². The molecule has 0 N–H and O–H groups in total. The third kappa shape index (κ3) is 2.99. The minimum absolute atomic E-state index is 0.272. The summed E-state index contributed by atoms with van der Waals surface area (Å²) in [5.41, 5.74) is 3.68. The van der Waals surface area contributed by atoms with E-state index in [1.807, 2.05) is 49.4 Å². The lowest BCUT2D eigenvalue weighted by Crippen LogP contribution is -2.06. The van der Waals surface area contributed by atoms with Crippen LogP contribution in [0.15, 0.2) is 42.5 Å². The van der Waals surface area contributed by atoms with Gasteiger partial charge in [0.2, 0.25) is 0 Å². The Hall–Kier alpha value is -2.29. The number of hydrogen-bond donors (Lipinski definition) is 0. The normalized spacial score (nSPS) is 10.2. The van der Waals surface area contributed by atoms with Gasteiger partial charge < -0.3 is 9.47 Å². The standard InChI is InChI=1S/C17H18O3/c1-4-20-17(18)16-10-7-14(11-12(16)2)13-5-8-15(19-3)9-6-13/h5-11H,4H2,1-3H3. The highest BCUT2D eigenvalue weighted by molar-refractivity contribution is 5.91. The highest BCUT2D eigenvalue weighted by Crippen LogP contribution is 2.24. The maximum atomic E-state index is 11.8. The van der Waals surface area contributed by atoms with Crippen molar-refractivity contribution in [2.24, 2.45) is 0 Å². The molecule has 0 heterocycles. The fraction of sp³-hybridized carbons (Fsp3) is 0.235. The third-order valence-corrected chi connectivity index (χ3v) is 3.15. The van der Waals surface area contributed by atoms with Gasteiger partial charge in [-0.25, -0.2) is 4.79 Å². The summed E-state index contributed by atoms with van der Waals surface area (Å²) in [6, 6.07) is 13.6. The molecule has 0 aliphatic rings. The van der Waals surface area contributed by atoms with Crippen LogP contribution in [0.2, 0.25) is 0 Å². The van der Waals surface area contributed by atoms with Crippen molar-refractivity contribution in [2.75, 3.05) is 13.7 Å². The highest BCUT2D eigenvalue weighted by atomic mass is 16.5. The van der Waals surface area contributed by atoms with Gasteiger partial charge in [-0.3, -0.25) is 0 Å². The first-order valence-corrected chi connectivity index (χ1v) is 6.58. The summed E-state index contributed by atoms with van der Waals surface area (Å²) < 4.78 is 10.2. The minimum atomic E-state index is -0.272. The van der Waals surface area contributed by atoms with Crippen LogP contribution >= 0.6 is 0 Å². The largest absolute Gasteiger partial charge is 0.497 e. The van der Waals surface area contributed by atoms with Gasteiger partial charge in [0.05, 0.1) is 19.3 Å². The number of rotatable bonds is 4. The average Bonchev–Trinajstić information content (AvgIpc) is 2.47. The molecule has 0 fully saturated rings. The van der Waals surface area contributed by atoms with Crippen molar-refractivity contribution in [3.05, 3.63) is 53.6 Å². The van der Waals surface area contributed by atoms with Crippen LogP contribution in [0.25, 0.3) is 11.1 Å². The zero-order valence-electron chi connectivity index (χ0n) is 12.0. The Kier molecular flexibility index (Phi) is 4.41. The van der Waals surface area contributed by atoms with Crippen molar-refractivity contribution in [3.63, 3.8) is 0 Å². The smallest absolute Gasteiger partial charge is 0.338 e. The Bertz CT molecular complexity index is 600. The van der Waals surface area contributed by atoms with E-state index in [9.17, 15) is 4.79 Å². The maximum absolute atomic E-state index is 11.8. The number of aryl methyl sites for hydroxylation is 1. The Morgan fingerprint density at radius 2 is 1.70 bits per heavy atom. The van der Waals surface area contributed by atoms with Crippen molar-refractivity contribution in [1.29, 1.82) is 0 Å². The van der Waals surface area contributed by atoms with Crippen molar-refractivity contribution in [3.8, 4) is 16.9 Å². The molecule has 2 aromatic rings. The molecule has 0 amide bonds. The number of ether oxygens (including phenoxy) is 2. The summed E-state index contributed by atoms with van der Waals surface area (Å²) in [5.74, 6) is 0.555. The summed E-state index contributed by atoms with van der Waals surface area (Å²) in [4.78, 5) is 11.8. The second-order valence-corrected chi connectivity index (χ2v) is 4.48. The van der Waals surface area contributed by atoms with E-state index in [0.29, 0.717) is 12.2 Å². The Morgan fingerprint density at radius 1 is 1.05 bits per heavy atom. The van der Waals surface area contributed by atoms with Gasteiger partial charge in [-0.15, -0.1) is 0 Å². The first kappa shape index (κ1) is 14.1. The number of hydrogen-bond acceptors (Lipinski definition) is 3. The van der Waals surface area contributed by atoms with E-state index >= 15 is 0 Å². The van der Waals surface area contributed by atoms with Crippen LogP contribution in [0.5, 0.6) is 5.75 Å². The molecule has 0 bridgehead atoms. The molecule has 3 heteroatoms.